The van der Waals surface area contributed by atoms with E-state index in [1.54, 1.807) is 0 Å². The lowest BCUT2D eigenvalue weighted by Crippen LogP contribution is -2.49. The summed E-state index contributed by atoms with van der Waals surface area (Å²) in [7, 11) is 1.43. The SMILES string of the molecule is COCC(=O)N1N=C(c2cc(F)ccc2F)SC12CCOC1=C2C=CCC1. The Hall–Kier alpha value is -2.19. The fourth-order valence-corrected chi connectivity index (χ4v) is 4.94. The minimum absolute atomic E-state index is 0.0422. The molecule has 0 aromatic heterocycles. The van der Waals surface area contributed by atoms with Crippen molar-refractivity contribution in [1.29, 1.82) is 0 Å². The highest BCUT2D eigenvalue weighted by molar-refractivity contribution is 8.16. The summed E-state index contributed by atoms with van der Waals surface area (Å²) in [6, 6.07) is 3.22. The van der Waals surface area contributed by atoms with Crippen molar-refractivity contribution in [2.75, 3.05) is 20.3 Å². The minimum atomic E-state index is -0.839. The van der Waals surface area contributed by atoms with E-state index in [0.29, 0.717) is 13.0 Å². The van der Waals surface area contributed by atoms with Gasteiger partial charge in [0.1, 0.15) is 33.9 Å². The van der Waals surface area contributed by atoms with E-state index in [1.807, 2.05) is 12.2 Å². The van der Waals surface area contributed by atoms with Crippen LogP contribution in [-0.4, -0.2) is 41.2 Å². The number of thioether (sulfide) groups is 1. The van der Waals surface area contributed by atoms with Gasteiger partial charge >= 0.3 is 0 Å². The van der Waals surface area contributed by atoms with Gasteiger partial charge in [-0.2, -0.15) is 5.10 Å². The van der Waals surface area contributed by atoms with Crippen molar-refractivity contribution in [3.63, 3.8) is 0 Å². The normalized spacial score (nSPS) is 24.1. The number of carbonyl (C=O) groups excluding carboxylic acids is 1. The molecular weight excluding hydrogens is 374 g/mol. The van der Waals surface area contributed by atoms with Gasteiger partial charge in [0.25, 0.3) is 5.91 Å². The van der Waals surface area contributed by atoms with Crippen LogP contribution in [0.15, 0.2) is 46.8 Å². The third-order valence-electron chi connectivity index (χ3n) is 4.72. The van der Waals surface area contributed by atoms with Crippen molar-refractivity contribution < 1.29 is 23.0 Å². The van der Waals surface area contributed by atoms with Crippen molar-refractivity contribution in [2.24, 2.45) is 5.10 Å². The zero-order valence-corrected chi connectivity index (χ0v) is 15.5. The monoisotopic (exact) mass is 392 g/mol. The van der Waals surface area contributed by atoms with Gasteiger partial charge < -0.3 is 9.47 Å². The fraction of sp³-hybridized carbons (Fsp3) is 0.368. The van der Waals surface area contributed by atoms with Crippen molar-refractivity contribution in [3.05, 3.63) is 58.9 Å². The lowest BCUT2D eigenvalue weighted by molar-refractivity contribution is -0.138. The number of carbonyl (C=O) groups is 1. The molecule has 3 aliphatic rings. The van der Waals surface area contributed by atoms with E-state index >= 15 is 0 Å². The van der Waals surface area contributed by atoms with Crippen LogP contribution in [0.1, 0.15) is 24.8 Å². The highest BCUT2D eigenvalue weighted by Crippen LogP contribution is 2.51. The number of halogens is 2. The van der Waals surface area contributed by atoms with Gasteiger partial charge in [0.05, 0.1) is 6.61 Å². The molecule has 0 fully saturated rings. The second kappa shape index (κ2) is 7.09. The molecule has 1 unspecified atom stereocenters. The summed E-state index contributed by atoms with van der Waals surface area (Å²) >= 11 is 1.26. The molecule has 0 bridgehead atoms. The number of ether oxygens (including phenoxy) is 2. The van der Waals surface area contributed by atoms with E-state index in [-0.39, 0.29) is 23.1 Å². The molecule has 2 aliphatic heterocycles. The third-order valence-corrected chi connectivity index (χ3v) is 6.15. The average Bonchev–Trinajstić information content (AvgIpc) is 3.04. The van der Waals surface area contributed by atoms with Gasteiger partial charge in [0.2, 0.25) is 0 Å². The summed E-state index contributed by atoms with van der Waals surface area (Å²) in [6.45, 7) is 0.267. The van der Waals surface area contributed by atoms with E-state index < -0.39 is 16.5 Å². The molecule has 5 nitrogen and oxygen atoms in total. The second-order valence-electron chi connectivity index (χ2n) is 6.43. The molecule has 1 amide bonds. The quantitative estimate of drug-likeness (QED) is 0.789. The molecule has 0 N–H and O–H groups in total. The molecule has 142 valence electrons. The first kappa shape index (κ1) is 18.2. The van der Waals surface area contributed by atoms with Gasteiger partial charge in [-0.1, -0.05) is 23.9 Å². The predicted molar refractivity (Wildman–Crippen MR) is 97.9 cm³/mol. The van der Waals surface area contributed by atoms with Crippen LogP contribution in [0.3, 0.4) is 0 Å². The molecule has 8 heteroatoms. The van der Waals surface area contributed by atoms with Gasteiger partial charge in [-0.3, -0.25) is 4.79 Å². The number of amides is 1. The standard InChI is InChI=1S/C19H18F2N2O3S/c1-25-11-17(24)23-19(8-9-26-16-5-3-2-4-14(16)19)27-18(22-23)13-10-12(20)6-7-15(13)21/h2,4,6-7,10H,3,5,8-9,11H2,1H3. The number of rotatable bonds is 3. The number of methoxy groups -OCH3 is 1. The number of allylic oxidation sites excluding steroid dienone is 2. The summed E-state index contributed by atoms with van der Waals surface area (Å²) < 4.78 is 38.9. The minimum Gasteiger partial charge on any atom is -0.497 e. The lowest BCUT2D eigenvalue weighted by atomic mass is 9.93. The summed E-state index contributed by atoms with van der Waals surface area (Å²) in [6.07, 6.45) is 6.05. The molecule has 1 aliphatic carbocycles. The third kappa shape index (κ3) is 3.06. The van der Waals surface area contributed by atoms with Crippen molar-refractivity contribution in [2.45, 2.75) is 24.1 Å². The molecule has 1 atom stereocenters. The number of hydrogen-bond donors (Lipinski definition) is 0. The molecular formula is C19H18F2N2O3S. The summed E-state index contributed by atoms with van der Waals surface area (Å²) in [5.74, 6) is -0.665. The molecule has 1 aromatic rings. The van der Waals surface area contributed by atoms with Crippen LogP contribution in [-0.2, 0) is 14.3 Å². The smallest absolute Gasteiger partial charge is 0.270 e. The van der Waals surface area contributed by atoms with Crippen LogP contribution in [0.25, 0.3) is 0 Å². The Bertz CT molecular complexity index is 884. The maximum atomic E-state index is 14.3. The van der Waals surface area contributed by atoms with Crippen molar-refractivity contribution in [1.82, 2.24) is 5.01 Å². The zero-order chi connectivity index (χ0) is 19.0. The van der Waals surface area contributed by atoms with Crippen LogP contribution >= 0.6 is 11.8 Å². The van der Waals surface area contributed by atoms with Gasteiger partial charge in [0, 0.05) is 31.1 Å². The topological polar surface area (TPSA) is 51.1 Å². The van der Waals surface area contributed by atoms with E-state index in [2.05, 4.69) is 5.10 Å². The second-order valence-corrected chi connectivity index (χ2v) is 7.70. The Kier molecular flexibility index (Phi) is 4.77. The zero-order valence-electron chi connectivity index (χ0n) is 14.7. The van der Waals surface area contributed by atoms with Crippen molar-refractivity contribution in [3.8, 4) is 0 Å². The highest BCUT2D eigenvalue weighted by atomic mass is 32.2. The summed E-state index contributed by atoms with van der Waals surface area (Å²) in [5, 5.41) is 6.02. The Balaban J connectivity index is 1.82. The highest BCUT2D eigenvalue weighted by Gasteiger charge is 2.52. The summed E-state index contributed by atoms with van der Waals surface area (Å²) in [4.78, 5) is 11.9. The largest absolute Gasteiger partial charge is 0.497 e. The lowest BCUT2D eigenvalue weighted by Gasteiger charge is -2.41. The number of fused-ring (bicyclic) bond motifs is 1. The van der Waals surface area contributed by atoms with Crippen molar-refractivity contribution >= 4 is 22.7 Å². The Morgan fingerprint density at radius 1 is 1.44 bits per heavy atom. The fourth-order valence-electron chi connectivity index (χ4n) is 3.52. The molecule has 0 saturated heterocycles. The Morgan fingerprint density at radius 3 is 3.11 bits per heavy atom. The van der Waals surface area contributed by atoms with Crippen LogP contribution in [0, 0.1) is 11.6 Å². The first-order valence-corrected chi connectivity index (χ1v) is 9.45. The maximum absolute atomic E-state index is 14.3. The van der Waals surface area contributed by atoms with Gasteiger partial charge in [-0.15, -0.1) is 0 Å². The Labute approximate surface area is 159 Å². The van der Waals surface area contributed by atoms with E-state index in [0.717, 1.165) is 42.4 Å². The first-order valence-electron chi connectivity index (χ1n) is 8.63. The van der Waals surface area contributed by atoms with Crippen LogP contribution in [0.5, 0.6) is 0 Å². The Morgan fingerprint density at radius 2 is 2.30 bits per heavy atom. The van der Waals surface area contributed by atoms with Gasteiger partial charge in [0.15, 0.2) is 0 Å². The predicted octanol–water partition coefficient (Wildman–Crippen LogP) is 3.57. The number of nitrogens with zero attached hydrogens (tertiary/aromatic N) is 2. The van der Waals surface area contributed by atoms with Gasteiger partial charge in [-0.05, 0) is 24.6 Å². The first-order chi connectivity index (χ1) is 13.0. The number of hydrogen-bond acceptors (Lipinski definition) is 5. The van der Waals surface area contributed by atoms with E-state index in [4.69, 9.17) is 9.47 Å². The number of hydrazone groups is 1. The molecule has 27 heavy (non-hydrogen) atoms. The van der Waals surface area contributed by atoms with Gasteiger partial charge in [-0.25, -0.2) is 13.8 Å². The summed E-state index contributed by atoms with van der Waals surface area (Å²) in [5.41, 5.74) is 0.894. The molecule has 0 radical (unpaired) electrons. The molecule has 4 rings (SSSR count). The van der Waals surface area contributed by atoms with Crippen LogP contribution in [0.2, 0.25) is 0 Å². The molecule has 1 aromatic carbocycles. The van der Waals surface area contributed by atoms with E-state index in [1.165, 1.54) is 23.9 Å². The van der Waals surface area contributed by atoms with Crippen LogP contribution < -0.4 is 0 Å². The number of benzene rings is 1. The average molecular weight is 392 g/mol. The maximum Gasteiger partial charge on any atom is 0.270 e. The van der Waals surface area contributed by atoms with Crippen LogP contribution in [0.4, 0.5) is 8.78 Å². The molecule has 0 saturated carbocycles. The molecule has 1 spiro atoms. The molecule has 2 heterocycles. The van der Waals surface area contributed by atoms with E-state index in [9.17, 15) is 13.6 Å².